The number of nitrogens with two attached hydrogens (primary N) is 1. The van der Waals surface area contributed by atoms with Crippen LogP contribution < -0.4 is 16.0 Å². The van der Waals surface area contributed by atoms with Gasteiger partial charge in [0.2, 0.25) is 0 Å². The number of oxazole rings is 1. The van der Waals surface area contributed by atoms with Crippen LogP contribution in [0, 0.1) is 0 Å². The van der Waals surface area contributed by atoms with Gasteiger partial charge in [-0.15, -0.1) is 11.3 Å². The molecule has 7 heteroatoms. The van der Waals surface area contributed by atoms with E-state index in [0.29, 0.717) is 11.6 Å². The van der Waals surface area contributed by atoms with E-state index in [9.17, 15) is 0 Å². The maximum absolute atomic E-state index is 5.67. The molecule has 0 spiro atoms. The quantitative estimate of drug-likeness (QED) is 0.566. The predicted octanol–water partition coefficient (Wildman–Crippen LogP) is 3.48. The van der Waals surface area contributed by atoms with Crippen molar-refractivity contribution < 1.29 is 4.42 Å². The lowest BCUT2D eigenvalue weighted by atomic mass is 10.0. The number of rotatable bonds is 2. The van der Waals surface area contributed by atoms with E-state index in [2.05, 4.69) is 33.6 Å². The van der Waals surface area contributed by atoms with Crippen LogP contribution in [0.4, 0.5) is 11.7 Å². The molecule has 6 nitrogen and oxygen atoms in total. The first kappa shape index (κ1) is 15.6. The number of hydrogen-bond donors (Lipinski definition) is 2. The van der Waals surface area contributed by atoms with Crippen LogP contribution in [0.15, 0.2) is 40.3 Å². The molecule has 0 radical (unpaired) electrons. The number of anilines is 2. The Kier molecular flexibility index (Phi) is 3.58. The van der Waals surface area contributed by atoms with Gasteiger partial charge in [0, 0.05) is 42.0 Å². The number of pyridine rings is 1. The molecule has 1 aliphatic rings. The highest BCUT2D eigenvalue weighted by molar-refractivity contribution is 7.17. The van der Waals surface area contributed by atoms with Gasteiger partial charge in [-0.1, -0.05) is 6.07 Å². The Morgan fingerprint density at radius 1 is 1.35 bits per heavy atom. The summed E-state index contributed by atoms with van der Waals surface area (Å²) < 4.78 is 5.38. The molecule has 4 heterocycles. The molecule has 0 saturated carbocycles. The number of nitrogens with zero attached hydrogens (tertiary/aromatic N) is 3. The third-order valence-corrected chi connectivity index (χ3v) is 5.77. The summed E-state index contributed by atoms with van der Waals surface area (Å²) >= 11 is 1.66. The maximum atomic E-state index is 5.67. The van der Waals surface area contributed by atoms with Crippen molar-refractivity contribution >= 4 is 44.4 Å². The fourth-order valence-corrected chi connectivity index (χ4v) is 4.48. The molecule has 1 unspecified atom stereocenters. The molecule has 3 aromatic heterocycles. The largest absolute Gasteiger partial charge is 0.424 e. The van der Waals surface area contributed by atoms with E-state index >= 15 is 0 Å². The molecule has 0 aliphatic carbocycles. The topological polar surface area (TPSA) is 80.2 Å². The molecular formula is C19H19N5OS. The highest BCUT2D eigenvalue weighted by atomic mass is 32.1. The van der Waals surface area contributed by atoms with Crippen LogP contribution in [0.2, 0.25) is 0 Å². The molecule has 1 aliphatic heterocycles. The molecule has 1 aromatic carbocycles. The first-order chi connectivity index (χ1) is 12.7. The van der Waals surface area contributed by atoms with Gasteiger partial charge in [0.1, 0.15) is 10.3 Å². The average Bonchev–Trinajstić information content (AvgIpc) is 3.22. The van der Waals surface area contributed by atoms with Gasteiger partial charge in [-0.05, 0) is 30.7 Å². The first-order valence-corrected chi connectivity index (χ1v) is 9.57. The van der Waals surface area contributed by atoms with Gasteiger partial charge in [-0.2, -0.15) is 4.98 Å². The Bertz CT molecular complexity index is 1100. The fraction of sp³-hybridized carbons (Fsp3) is 0.263. The van der Waals surface area contributed by atoms with Crippen molar-refractivity contribution in [2.45, 2.75) is 13.0 Å². The molecule has 0 bridgehead atoms. The molecule has 5 rings (SSSR count). The highest BCUT2D eigenvalue weighted by Gasteiger charge is 2.18. The first-order valence-electron chi connectivity index (χ1n) is 8.69. The zero-order chi connectivity index (χ0) is 17.7. The Morgan fingerprint density at radius 2 is 2.27 bits per heavy atom. The van der Waals surface area contributed by atoms with Crippen LogP contribution in [0.25, 0.3) is 32.4 Å². The van der Waals surface area contributed by atoms with Crippen LogP contribution in [0.5, 0.6) is 0 Å². The van der Waals surface area contributed by atoms with E-state index in [1.54, 1.807) is 11.3 Å². The summed E-state index contributed by atoms with van der Waals surface area (Å²) in [5, 5.41) is 6.82. The minimum absolute atomic E-state index is 0.198. The van der Waals surface area contributed by atoms with Crippen LogP contribution >= 0.6 is 11.3 Å². The Hall–Kier alpha value is -2.64. The van der Waals surface area contributed by atoms with Gasteiger partial charge >= 0.3 is 0 Å². The summed E-state index contributed by atoms with van der Waals surface area (Å²) in [5.41, 5.74) is 10.6. The molecular weight excluding hydrogens is 346 g/mol. The van der Waals surface area contributed by atoms with Crippen molar-refractivity contribution in [1.29, 1.82) is 0 Å². The molecule has 1 fully saturated rings. The van der Waals surface area contributed by atoms with E-state index in [1.165, 1.54) is 16.6 Å². The second kappa shape index (κ2) is 5.96. The van der Waals surface area contributed by atoms with E-state index in [4.69, 9.17) is 15.1 Å². The summed E-state index contributed by atoms with van der Waals surface area (Å²) in [6.45, 7) is 5.21. The number of fused-ring (bicyclic) bond motifs is 2. The molecule has 4 aromatic rings. The van der Waals surface area contributed by atoms with E-state index in [1.807, 2.05) is 24.4 Å². The third-order valence-electron chi connectivity index (χ3n) is 4.86. The van der Waals surface area contributed by atoms with Crippen molar-refractivity contribution in [2.24, 2.45) is 0 Å². The Labute approximate surface area is 154 Å². The normalized spacial score (nSPS) is 18.0. The SMILES string of the molecule is CC1CN(c2cnc3scc(-c4ccc5oc(N)nc5c4)c3c2)CCN1. The molecule has 1 atom stereocenters. The van der Waals surface area contributed by atoms with E-state index < -0.39 is 0 Å². The molecule has 26 heavy (non-hydrogen) atoms. The highest BCUT2D eigenvalue weighted by Crippen LogP contribution is 2.36. The zero-order valence-electron chi connectivity index (χ0n) is 14.4. The summed E-state index contributed by atoms with van der Waals surface area (Å²) in [7, 11) is 0. The Morgan fingerprint density at radius 3 is 3.15 bits per heavy atom. The van der Waals surface area contributed by atoms with E-state index in [0.717, 1.165) is 35.5 Å². The lowest BCUT2D eigenvalue weighted by Gasteiger charge is -2.33. The van der Waals surface area contributed by atoms with Crippen molar-refractivity contribution in [3.8, 4) is 11.1 Å². The summed E-state index contributed by atoms with van der Waals surface area (Å²) in [6.07, 6.45) is 1.99. The van der Waals surface area contributed by atoms with Crippen LogP contribution in [0.1, 0.15) is 6.92 Å². The van der Waals surface area contributed by atoms with Crippen molar-refractivity contribution in [3.05, 3.63) is 35.8 Å². The van der Waals surface area contributed by atoms with Gasteiger partial charge < -0.3 is 20.4 Å². The summed E-state index contributed by atoms with van der Waals surface area (Å²) in [6, 6.07) is 8.94. The summed E-state index contributed by atoms with van der Waals surface area (Å²) in [4.78, 5) is 12.4. The summed E-state index contributed by atoms with van der Waals surface area (Å²) in [5.74, 6) is 0. The van der Waals surface area contributed by atoms with E-state index in [-0.39, 0.29) is 6.01 Å². The maximum Gasteiger partial charge on any atom is 0.292 e. The number of hydrogen-bond acceptors (Lipinski definition) is 7. The van der Waals surface area contributed by atoms with Crippen molar-refractivity contribution in [1.82, 2.24) is 15.3 Å². The average molecular weight is 365 g/mol. The molecule has 3 N–H and O–H groups in total. The van der Waals surface area contributed by atoms with Crippen LogP contribution in [-0.2, 0) is 0 Å². The zero-order valence-corrected chi connectivity index (χ0v) is 15.2. The minimum atomic E-state index is 0.198. The van der Waals surface area contributed by atoms with Gasteiger partial charge in [0.25, 0.3) is 6.01 Å². The van der Waals surface area contributed by atoms with Gasteiger partial charge in [-0.3, -0.25) is 0 Å². The predicted molar refractivity (Wildman–Crippen MR) is 107 cm³/mol. The van der Waals surface area contributed by atoms with Crippen molar-refractivity contribution in [2.75, 3.05) is 30.3 Å². The fourth-order valence-electron chi connectivity index (χ4n) is 3.58. The monoisotopic (exact) mass is 365 g/mol. The lowest BCUT2D eigenvalue weighted by Crippen LogP contribution is -2.49. The van der Waals surface area contributed by atoms with Crippen LogP contribution in [-0.4, -0.2) is 35.6 Å². The number of aromatic nitrogens is 2. The molecule has 0 amide bonds. The second-order valence-electron chi connectivity index (χ2n) is 6.73. The smallest absolute Gasteiger partial charge is 0.292 e. The number of piperazine rings is 1. The number of nitrogen functional groups attached to an aromatic ring is 1. The molecule has 1 saturated heterocycles. The number of nitrogens with one attached hydrogen (secondary N) is 1. The lowest BCUT2D eigenvalue weighted by molar-refractivity contribution is 0.484. The third kappa shape index (κ3) is 2.60. The second-order valence-corrected chi connectivity index (χ2v) is 7.59. The van der Waals surface area contributed by atoms with Crippen molar-refractivity contribution in [3.63, 3.8) is 0 Å². The Balaban J connectivity index is 1.59. The minimum Gasteiger partial charge on any atom is -0.424 e. The van der Waals surface area contributed by atoms with Gasteiger partial charge in [0.15, 0.2) is 5.58 Å². The standard InChI is InChI=1S/C19H19N5OS/c1-11-9-24(5-4-21-11)13-7-14-15(10-26-18(14)22-8-13)12-2-3-17-16(6-12)23-19(20)25-17/h2-3,6-8,10-11,21H,4-5,9H2,1H3,(H2,20,23). The van der Waals surface area contributed by atoms with Crippen LogP contribution in [0.3, 0.4) is 0 Å². The van der Waals surface area contributed by atoms with Gasteiger partial charge in [-0.25, -0.2) is 4.98 Å². The number of thiophene rings is 1. The molecule has 132 valence electrons. The number of benzene rings is 1. The van der Waals surface area contributed by atoms with Gasteiger partial charge in [0.05, 0.1) is 11.9 Å².